The minimum absolute atomic E-state index is 0.150. The number of furan rings is 1. The number of hydrogen-bond acceptors (Lipinski definition) is 3. The van der Waals surface area contributed by atoms with Crippen LogP contribution in [0.25, 0.3) is 0 Å². The highest BCUT2D eigenvalue weighted by molar-refractivity contribution is 5.72. The number of carbonyl (C=O) groups is 1. The Morgan fingerprint density at radius 2 is 2.00 bits per heavy atom. The molecule has 3 nitrogen and oxygen atoms in total. The van der Waals surface area contributed by atoms with E-state index < -0.39 is 0 Å². The third kappa shape index (κ3) is 4.85. The standard InChI is InChI=1S/C20H28O3/c1-6-19-15(4)8-13(2)7-14(3)9-18-11-17(12-22-18)10-16(5)20(21)23-19/h8,11-12,14,16,19H,2,6-7,9-10H2,1,3-5H3/b15-8+/t14?,16-,19+/m1/s1. The maximum atomic E-state index is 12.3. The van der Waals surface area contributed by atoms with Crippen LogP contribution in [0.3, 0.4) is 0 Å². The van der Waals surface area contributed by atoms with Gasteiger partial charge in [0.15, 0.2) is 0 Å². The van der Waals surface area contributed by atoms with Gasteiger partial charge in [-0.05, 0) is 49.3 Å². The van der Waals surface area contributed by atoms with Crippen molar-refractivity contribution in [3.8, 4) is 0 Å². The van der Waals surface area contributed by atoms with E-state index in [0.29, 0.717) is 12.3 Å². The Balaban J connectivity index is 2.27. The van der Waals surface area contributed by atoms with E-state index in [0.717, 1.165) is 41.7 Å². The number of carbonyl (C=O) groups excluding carboxylic acids is 1. The quantitative estimate of drug-likeness (QED) is 0.694. The molecule has 1 aromatic rings. The van der Waals surface area contributed by atoms with Gasteiger partial charge >= 0.3 is 5.97 Å². The zero-order valence-corrected chi connectivity index (χ0v) is 14.7. The van der Waals surface area contributed by atoms with E-state index in [4.69, 9.17) is 9.15 Å². The molecule has 1 aliphatic heterocycles. The zero-order chi connectivity index (χ0) is 17.0. The SMILES string of the molecule is C=C1/C=C(\C)[C@H](CC)OC(=O)[C@H](C)Cc2coc(c2)CC(C)C1. The van der Waals surface area contributed by atoms with Crippen molar-refractivity contribution in [3.63, 3.8) is 0 Å². The second-order valence-electron chi connectivity index (χ2n) is 6.92. The summed E-state index contributed by atoms with van der Waals surface area (Å²) < 4.78 is 11.4. The molecule has 0 N–H and O–H groups in total. The highest BCUT2D eigenvalue weighted by Gasteiger charge is 2.22. The first-order chi connectivity index (χ1) is 10.9. The minimum Gasteiger partial charge on any atom is -0.469 e. The van der Waals surface area contributed by atoms with Gasteiger partial charge in [0.05, 0.1) is 12.2 Å². The topological polar surface area (TPSA) is 39.4 Å². The van der Waals surface area contributed by atoms with Crippen LogP contribution in [0.2, 0.25) is 0 Å². The van der Waals surface area contributed by atoms with Gasteiger partial charge in [-0.2, -0.15) is 0 Å². The fraction of sp³-hybridized carbons (Fsp3) is 0.550. The molecule has 1 unspecified atom stereocenters. The summed E-state index contributed by atoms with van der Waals surface area (Å²) in [6, 6.07) is 2.06. The van der Waals surface area contributed by atoms with E-state index in [1.807, 2.05) is 20.8 Å². The molecule has 2 bridgehead atoms. The van der Waals surface area contributed by atoms with E-state index in [-0.39, 0.29) is 18.0 Å². The van der Waals surface area contributed by atoms with E-state index >= 15 is 0 Å². The molecule has 0 saturated heterocycles. The van der Waals surface area contributed by atoms with E-state index in [2.05, 4.69) is 25.6 Å². The van der Waals surface area contributed by atoms with E-state index in [9.17, 15) is 4.79 Å². The van der Waals surface area contributed by atoms with Crippen LogP contribution in [0.5, 0.6) is 0 Å². The summed E-state index contributed by atoms with van der Waals surface area (Å²) in [7, 11) is 0. The third-order valence-electron chi connectivity index (χ3n) is 4.38. The molecule has 0 aromatic carbocycles. The van der Waals surface area contributed by atoms with Gasteiger partial charge in [0, 0.05) is 6.42 Å². The lowest BCUT2D eigenvalue weighted by molar-refractivity contribution is -0.151. The summed E-state index contributed by atoms with van der Waals surface area (Å²) in [5, 5.41) is 0. The first kappa shape index (κ1) is 17.6. The molecule has 2 heterocycles. The summed E-state index contributed by atoms with van der Waals surface area (Å²) in [6.07, 6.45) is 6.90. The number of rotatable bonds is 1. The van der Waals surface area contributed by atoms with Gasteiger partial charge in [-0.15, -0.1) is 0 Å². The lowest BCUT2D eigenvalue weighted by Crippen LogP contribution is -2.24. The van der Waals surface area contributed by atoms with Crippen LogP contribution in [0.1, 0.15) is 51.9 Å². The van der Waals surface area contributed by atoms with E-state index in [1.54, 1.807) is 6.26 Å². The Kier molecular flexibility index (Phi) is 5.86. The maximum Gasteiger partial charge on any atom is 0.309 e. The van der Waals surface area contributed by atoms with Crippen molar-refractivity contribution in [2.45, 2.75) is 59.5 Å². The monoisotopic (exact) mass is 316 g/mol. The minimum atomic E-state index is -0.175. The Hall–Kier alpha value is -1.77. The molecule has 0 spiro atoms. The molecule has 0 radical (unpaired) electrons. The summed E-state index contributed by atoms with van der Waals surface area (Å²) in [5.41, 5.74) is 3.20. The number of cyclic esters (lactones) is 1. The number of esters is 1. The normalized spacial score (nSPS) is 29.4. The van der Waals surface area contributed by atoms with Crippen molar-refractivity contribution in [2.24, 2.45) is 11.8 Å². The number of allylic oxidation sites excluding steroid dienone is 2. The number of ether oxygens (including phenoxy) is 1. The van der Waals surface area contributed by atoms with E-state index in [1.165, 1.54) is 0 Å². The molecule has 1 aromatic heterocycles. The largest absolute Gasteiger partial charge is 0.469 e. The van der Waals surface area contributed by atoms with Crippen LogP contribution in [0, 0.1) is 11.8 Å². The fourth-order valence-corrected chi connectivity index (χ4v) is 3.17. The maximum absolute atomic E-state index is 12.3. The lowest BCUT2D eigenvalue weighted by Gasteiger charge is -2.20. The van der Waals surface area contributed by atoms with Gasteiger partial charge in [-0.25, -0.2) is 0 Å². The van der Waals surface area contributed by atoms with Crippen molar-refractivity contribution in [1.29, 1.82) is 0 Å². The Morgan fingerprint density at radius 1 is 1.26 bits per heavy atom. The second kappa shape index (κ2) is 7.67. The number of fused-ring (bicyclic) bond motifs is 2. The molecule has 126 valence electrons. The Morgan fingerprint density at radius 3 is 2.70 bits per heavy atom. The van der Waals surface area contributed by atoms with Gasteiger partial charge in [-0.3, -0.25) is 4.79 Å². The van der Waals surface area contributed by atoms with Crippen LogP contribution in [0.4, 0.5) is 0 Å². The lowest BCUT2D eigenvalue weighted by atomic mass is 9.94. The Bertz CT molecular complexity index is 594. The van der Waals surface area contributed by atoms with Gasteiger partial charge in [0.1, 0.15) is 11.9 Å². The van der Waals surface area contributed by atoms with Gasteiger partial charge in [0.25, 0.3) is 0 Å². The molecule has 2 rings (SSSR count). The van der Waals surface area contributed by atoms with Crippen LogP contribution >= 0.6 is 0 Å². The number of hydrogen-bond donors (Lipinski definition) is 0. The molecular weight excluding hydrogens is 288 g/mol. The summed E-state index contributed by atoms with van der Waals surface area (Å²) >= 11 is 0. The van der Waals surface area contributed by atoms with Crippen LogP contribution in [-0.4, -0.2) is 12.1 Å². The molecule has 3 atom stereocenters. The second-order valence-corrected chi connectivity index (χ2v) is 6.92. The van der Waals surface area contributed by atoms with Crippen LogP contribution < -0.4 is 0 Å². The molecule has 1 aliphatic rings. The molecule has 0 saturated carbocycles. The Labute approximate surface area is 139 Å². The molecule has 3 heteroatoms. The van der Waals surface area contributed by atoms with Crippen molar-refractivity contribution < 1.29 is 13.9 Å². The summed E-state index contributed by atoms with van der Waals surface area (Å²) in [6.45, 7) is 12.3. The van der Waals surface area contributed by atoms with Gasteiger partial charge in [0.2, 0.25) is 0 Å². The van der Waals surface area contributed by atoms with Crippen molar-refractivity contribution in [1.82, 2.24) is 0 Å². The average molecular weight is 316 g/mol. The highest BCUT2D eigenvalue weighted by Crippen LogP contribution is 2.23. The third-order valence-corrected chi connectivity index (χ3v) is 4.38. The molecular formula is C20H28O3. The average Bonchev–Trinajstić information content (AvgIpc) is 2.89. The van der Waals surface area contributed by atoms with Crippen molar-refractivity contribution in [3.05, 3.63) is 47.5 Å². The molecule has 23 heavy (non-hydrogen) atoms. The predicted octanol–water partition coefficient (Wildman–Crippen LogP) is 4.86. The predicted molar refractivity (Wildman–Crippen MR) is 92.1 cm³/mol. The summed E-state index contributed by atoms with van der Waals surface area (Å²) in [4.78, 5) is 12.3. The molecule has 0 fully saturated rings. The van der Waals surface area contributed by atoms with Crippen LogP contribution in [0.15, 0.2) is 40.5 Å². The first-order valence-corrected chi connectivity index (χ1v) is 8.51. The molecule has 0 amide bonds. The molecule has 0 aliphatic carbocycles. The van der Waals surface area contributed by atoms with Gasteiger partial charge < -0.3 is 9.15 Å². The fourth-order valence-electron chi connectivity index (χ4n) is 3.17. The van der Waals surface area contributed by atoms with Gasteiger partial charge in [-0.1, -0.05) is 39.0 Å². The van der Waals surface area contributed by atoms with Crippen molar-refractivity contribution >= 4 is 5.97 Å². The van der Waals surface area contributed by atoms with Crippen LogP contribution in [-0.2, 0) is 22.4 Å². The summed E-state index contributed by atoms with van der Waals surface area (Å²) in [5.74, 6) is 1.12. The smallest absolute Gasteiger partial charge is 0.309 e. The zero-order valence-electron chi connectivity index (χ0n) is 14.7. The highest BCUT2D eigenvalue weighted by atomic mass is 16.5. The first-order valence-electron chi connectivity index (χ1n) is 8.51. The van der Waals surface area contributed by atoms with Crippen molar-refractivity contribution in [2.75, 3.05) is 0 Å².